The van der Waals surface area contributed by atoms with E-state index in [0.717, 1.165) is 24.1 Å². The number of hydrogen-bond donors (Lipinski definition) is 1. The number of rotatable bonds is 6. The molecule has 0 radical (unpaired) electrons. The Hall–Kier alpha value is -2.30. The zero-order valence-corrected chi connectivity index (χ0v) is 16.8. The molecule has 6 heteroatoms. The molecule has 1 N–H and O–H groups in total. The SMILES string of the molecule is CCC(CC)NC(=O)c1cn(-c2ccc(Cl)cc2)c(-c2ccccc2Cl)n1. The second-order valence-corrected chi connectivity index (χ2v) is 7.11. The number of aromatic nitrogens is 2. The quantitative estimate of drug-likeness (QED) is 0.570. The van der Waals surface area contributed by atoms with Crippen LogP contribution in [0.1, 0.15) is 37.2 Å². The zero-order chi connectivity index (χ0) is 19.4. The third-order valence-corrected chi connectivity index (χ3v) is 5.06. The summed E-state index contributed by atoms with van der Waals surface area (Å²) in [5, 5.41) is 4.25. The Labute approximate surface area is 169 Å². The standard InChI is InChI=1S/C21H21Cl2N3O/c1-3-15(4-2)24-21(27)19-13-26(16-11-9-14(22)10-12-16)20(25-19)17-7-5-6-8-18(17)23/h5-13,15H,3-4H2,1-2H3,(H,24,27). The summed E-state index contributed by atoms with van der Waals surface area (Å²) >= 11 is 12.4. The minimum absolute atomic E-state index is 0.127. The number of imidazole rings is 1. The van der Waals surface area contributed by atoms with E-state index in [4.69, 9.17) is 23.2 Å². The molecule has 0 bridgehead atoms. The summed E-state index contributed by atoms with van der Waals surface area (Å²) in [6.07, 6.45) is 3.48. The Morgan fingerprint density at radius 1 is 1.07 bits per heavy atom. The minimum Gasteiger partial charge on any atom is -0.348 e. The van der Waals surface area contributed by atoms with E-state index in [-0.39, 0.29) is 11.9 Å². The largest absolute Gasteiger partial charge is 0.348 e. The molecule has 0 atom stereocenters. The zero-order valence-electron chi connectivity index (χ0n) is 15.2. The van der Waals surface area contributed by atoms with Gasteiger partial charge in [0, 0.05) is 28.5 Å². The van der Waals surface area contributed by atoms with Crippen molar-refractivity contribution in [1.29, 1.82) is 0 Å². The summed E-state index contributed by atoms with van der Waals surface area (Å²) in [5.41, 5.74) is 1.96. The van der Waals surface area contributed by atoms with E-state index in [9.17, 15) is 4.79 Å². The van der Waals surface area contributed by atoms with E-state index in [2.05, 4.69) is 24.1 Å². The van der Waals surface area contributed by atoms with Crippen LogP contribution in [0.25, 0.3) is 17.1 Å². The number of nitrogens with zero attached hydrogens (tertiary/aromatic N) is 2. The number of halogens is 2. The van der Waals surface area contributed by atoms with E-state index in [0.29, 0.717) is 21.6 Å². The van der Waals surface area contributed by atoms with Gasteiger partial charge in [0.25, 0.3) is 5.91 Å². The molecular weight excluding hydrogens is 381 g/mol. The van der Waals surface area contributed by atoms with Gasteiger partial charge in [-0.05, 0) is 49.2 Å². The number of amides is 1. The van der Waals surface area contributed by atoms with Crippen LogP contribution in [0.2, 0.25) is 10.0 Å². The lowest BCUT2D eigenvalue weighted by Crippen LogP contribution is -2.34. The maximum atomic E-state index is 12.7. The first-order valence-corrected chi connectivity index (χ1v) is 9.70. The van der Waals surface area contributed by atoms with Crippen LogP contribution in [0.5, 0.6) is 0 Å². The third-order valence-electron chi connectivity index (χ3n) is 4.48. The van der Waals surface area contributed by atoms with Crippen LogP contribution in [0.3, 0.4) is 0 Å². The molecule has 0 aliphatic heterocycles. The molecule has 1 aromatic heterocycles. The van der Waals surface area contributed by atoms with Gasteiger partial charge in [0.15, 0.2) is 0 Å². The molecule has 0 fully saturated rings. The molecule has 1 heterocycles. The number of carbonyl (C=O) groups is 1. The summed E-state index contributed by atoms with van der Waals surface area (Å²) in [4.78, 5) is 17.3. The summed E-state index contributed by atoms with van der Waals surface area (Å²) in [6.45, 7) is 4.10. The van der Waals surface area contributed by atoms with Crippen molar-refractivity contribution in [2.24, 2.45) is 0 Å². The minimum atomic E-state index is -0.190. The van der Waals surface area contributed by atoms with Crippen molar-refractivity contribution in [3.8, 4) is 17.1 Å². The van der Waals surface area contributed by atoms with E-state index >= 15 is 0 Å². The van der Waals surface area contributed by atoms with E-state index in [1.165, 1.54) is 0 Å². The Balaban J connectivity index is 2.08. The second-order valence-electron chi connectivity index (χ2n) is 6.26. The van der Waals surface area contributed by atoms with Gasteiger partial charge in [-0.2, -0.15) is 0 Å². The van der Waals surface area contributed by atoms with Crippen molar-refractivity contribution in [3.05, 3.63) is 70.5 Å². The van der Waals surface area contributed by atoms with Crippen LogP contribution in [-0.2, 0) is 0 Å². The van der Waals surface area contributed by atoms with E-state index in [1.54, 1.807) is 18.3 Å². The lowest BCUT2D eigenvalue weighted by atomic mass is 10.2. The Bertz CT molecular complexity index is 931. The lowest BCUT2D eigenvalue weighted by Gasteiger charge is -2.13. The van der Waals surface area contributed by atoms with Crippen LogP contribution in [-0.4, -0.2) is 21.5 Å². The third kappa shape index (κ3) is 4.34. The highest BCUT2D eigenvalue weighted by molar-refractivity contribution is 6.33. The molecule has 0 aliphatic rings. The molecular formula is C21H21Cl2N3O. The number of carbonyl (C=O) groups excluding carboxylic acids is 1. The normalized spacial score (nSPS) is 11.0. The van der Waals surface area contributed by atoms with Crippen molar-refractivity contribution in [3.63, 3.8) is 0 Å². The maximum absolute atomic E-state index is 12.7. The topological polar surface area (TPSA) is 46.9 Å². The molecule has 3 aromatic rings. The molecule has 4 nitrogen and oxygen atoms in total. The van der Waals surface area contributed by atoms with Crippen LogP contribution in [0, 0.1) is 0 Å². The average molecular weight is 402 g/mol. The first-order valence-electron chi connectivity index (χ1n) is 8.94. The molecule has 3 rings (SSSR count). The molecule has 140 valence electrons. The first kappa shape index (κ1) is 19.5. The van der Waals surface area contributed by atoms with Crippen LogP contribution in [0.4, 0.5) is 0 Å². The van der Waals surface area contributed by atoms with Gasteiger partial charge >= 0.3 is 0 Å². The van der Waals surface area contributed by atoms with Crippen molar-refractivity contribution < 1.29 is 4.79 Å². The highest BCUT2D eigenvalue weighted by atomic mass is 35.5. The van der Waals surface area contributed by atoms with Crippen molar-refractivity contribution in [2.75, 3.05) is 0 Å². The van der Waals surface area contributed by atoms with Gasteiger partial charge in [-0.3, -0.25) is 9.36 Å². The lowest BCUT2D eigenvalue weighted by molar-refractivity contribution is 0.0930. The van der Waals surface area contributed by atoms with Gasteiger partial charge in [0.2, 0.25) is 0 Å². The monoisotopic (exact) mass is 401 g/mol. The van der Waals surface area contributed by atoms with Gasteiger partial charge in [0.1, 0.15) is 11.5 Å². The van der Waals surface area contributed by atoms with Gasteiger partial charge in [0.05, 0.1) is 5.02 Å². The summed E-state index contributed by atoms with van der Waals surface area (Å²) in [7, 11) is 0. The number of benzene rings is 2. The van der Waals surface area contributed by atoms with Gasteiger partial charge in [-0.25, -0.2) is 4.98 Å². The molecule has 0 spiro atoms. The maximum Gasteiger partial charge on any atom is 0.271 e. The molecule has 27 heavy (non-hydrogen) atoms. The molecule has 1 amide bonds. The fraction of sp³-hybridized carbons (Fsp3) is 0.238. The molecule has 0 aliphatic carbocycles. The molecule has 2 aromatic carbocycles. The highest BCUT2D eigenvalue weighted by Crippen LogP contribution is 2.29. The Morgan fingerprint density at radius 3 is 2.37 bits per heavy atom. The van der Waals surface area contributed by atoms with E-state index in [1.807, 2.05) is 41.0 Å². The van der Waals surface area contributed by atoms with Gasteiger partial charge in [-0.1, -0.05) is 49.2 Å². The Kier molecular flexibility index (Phi) is 6.19. The Morgan fingerprint density at radius 2 is 1.74 bits per heavy atom. The molecule has 0 saturated carbocycles. The predicted molar refractivity (Wildman–Crippen MR) is 111 cm³/mol. The molecule has 0 saturated heterocycles. The average Bonchev–Trinajstić information content (AvgIpc) is 3.12. The predicted octanol–water partition coefficient (Wildman–Crippen LogP) is 5.76. The fourth-order valence-electron chi connectivity index (χ4n) is 2.87. The van der Waals surface area contributed by atoms with Crippen molar-refractivity contribution in [1.82, 2.24) is 14.9 Å². The fourth-order valence-corrected chi connectivity index (χ4v) is 3.22. The number of hydrogen-bond acceptors (Lipinski definition) is 2. The van der Waals surface area contributed by atoms with Crippen molar-refractivity contribution in [2.45, 2.75) is 32.7 Å². The van der Waals surface area contributed by atoms with Crippen molar-refractivity contribution >= 4 is 29.1 Å². The summed E-state index contributed by atoms with van der Waals surface area (Å²) < 4.78 is 1.86. The second kappa shape index (κ2) is 8.59. The first-order chi connectivity index (χ1) is 13.0. The van der Waals surface area contributed by atoms with Crippen LogP contribution < -0.4 is 5.32 Å². The molecule has 0 unspecified atom stereocenters. The number of nitrogens with one attached hydrogen (secondary N) is 1. The summed E-state index contributed by atoms with van der Waals surface area (Å²) in [6, 6.07) is 15.0. The van der Waals surface area contributed by atoms with Crippen LogP contribution in [0.15, 0.2) is 54.7 Å². The highest BCUT2D eigenvalue weighted by Gasteiger charge is 2.19. The summed E-state index contributed by atoms with van der Waals surface area (Å²) in [5.74, 6) is 0.419. The van der Waals surface area contributed by atoms with Gasteiger partial charge < -0.3 is 5.32 Å². The van der Waals surface area contributed by atoms with E-state index < -0.39 is 0 Å². The van der Waals surface area contributed by atoms with Crippen LogP contribution >= 0.6 is 23.2 Å². The smallest absolute Gasteiger partial charge is 0.271 e. The van der Waals surface area contributed by atoms with Gasteiger partial charge in [-0.15, -0.1) is 0 Å².